The highest BCUT2D eigenvalue weighted by atomic mass is 32.2. The third-order valence-electron chi connectivity index (χ3n) is 12.7. The number of carbonyl (C=O) groups is 6. The Morgan fingerprint density at radius 3 is 2.33 bits per heavy atom. The molecule has 3 aromatic carbocycles. The van der Waals surface area contributed by atoms with Gasteiger partial charge in [0, 0.05) is 31.2 Å². The fourth-order valence-electron chi connectivity index (χ4n) is 9.49. The molecule has 0 bridgehead atoms. The standard InChI is InChI=1S/C47H56FN5O10S/c1-4-63-40-24-30(15-17-39(40)62-2)38(28-64(3,60)61)53-46(58)32-12-11-13-36(43(32)47(53)59)49-41(54)14-9-7-5-6-8-10-21-51-22-19-29(20-23-51)33-25-31(48)26-34-35(33)27-52(45(34)57)37-16-18-42(55)50-44(37)56/h11-13,15,17,24-26,29,37-38H,4-10,14,16,18-23,27-28H2,1-3H3,(H,49,54)(H,50,55,56)/t37?,38-/m1/s1. The Morgan fingerprint density at radius 2 is 1.62 bits per heavy atom. The molecule has 6 amide bonds. The molecule has 2 N–H and O–H groups in total. The van der Waals surface area contributed by atoms with Crippen LogP contribution in [0.25, 0.3) is 0 Å². The molecular formula is C47H56FN5O10S. The predicted molar refractivity (Wildman–Crippen MR) is 235 cm³/mol. The number of amides is 6. The van der Waals surface area contributed by atoms with Gasteiger partial charge in [-0.05, 0) is 118 Å². The average Bonchev–Trinajstić information content (AvgIpc) is 3.72. The fourth-order valence-corrected chi connectivity index (χ4v) is 10.4. The number of likely N-dealkylation sites (tertiary alicyclic amines) is 1. The lowest BCUT2D eigenvalue weighted by Crippen LogP contribution is -2.52. The molecule has 2 fully saturated rings. The van der Waals surface area contributed by atoms with Gasteiger partial charge < -0.3 is 24.6 Å². The second kappa shape index (κ2) is 20.0. The zero-order valence-electron chi connectivity index (χ0n) is 36.6. The Labute approximate surface area is 372 Å². The summed E-state index contributed by atoms with van der Waals surface area (Å²) in [6.07, 6.45) is 8.87. The van der Waals surface area contributed by atoms with Gasteiger partial charge in [-0.15, -0.1) is 0 Å². The van der Waals surface area contributed by atoms with E-state index in [0.29, 0.717) is 35.7 Å². The van der Waals surface area contributed by atoms with Crippen molar-refractivity contribution in [2.24, 2.45) is 0 Å². The summed E-state index contributed by atoms with van der Waals surface area (Å²) in [5.41, 5.74) is 2.61. The number of hydrogen-bond donors (Lipinski definition) is 2. The van der Waals surface area contributed by atoms with Crippen LogP contribution >= 0.6 is 0 Å². The molecule has 4 heterocycles. The summed E-state index contributed by atoms with van der Waals surface area (Å²) < 4.78 is 51.1. The summed E-state index contributed by atoms with van der Waals surface area (Å²) in [4.78, 5) is 83.2. The maximum absolute atomic E-state index is 14.8. The lowest BCUT2D eigenvalue weighted by atomic mass is 9.85. The minimum atomic E-state index is -3.68. The topological polar surface area (TPSA) is 189 Å². The monoisotopic (exact) mass is 901 g/mol. The van der Waals surface area contributed by atoms with Crippen LogP contribution in [-0.2, 0) is 30.8 Å². The molecule has 342 valence electrons. The molecule has 2 atom stereocenters. The number of sulfone groups is 1. The van der Waals surface area contributed by atoms with E-state index in [-0.39, 0.29) is 66.3 Å². The quantitative estimate of drug-likeness (QED) is 0.107. The van der Waals surface area contributed by atoms with Crippen LogP contribution in [0, 0.1) is 5.82 Å². The maximum atomic E-state index is 14.8. The largest absolute Gasteiger partial charge is 0.493 e. The van der Waals surface area contributed by atoms with Gasteiger partial charge >= 0.3 is 0 Å². The number of fused-ring (bicyclic) bond motifs is 2. The Morgan fingerprint density at radius 1 is 0.891 bits per heavy atom. The van der Waals surface area contributed by atoms with E-state index in [1.165, 1.54) is 24.1 Å². The van der Waals surface area contributed by atoms with Crippen LogP contribution in [0.4, 0.5) is 10.1 Å². The summed E-state index contributed by atoms with van der Waals surface area (Å²) in [5, 5.41) is 5.14. The first-order valence-electron chi connectivity index (χ1n) is 22.2. The van der Waals surface area contributed by atoms with Gasteiger partial charge in [-0.25, -0.2) is 12.8 Å². The summed E-state index contributed by atoms with van der Waals surface area (Å²) in [7, 11) is -2.21. The first-order valence-corrected chi connectivity index (χ1v) is 24.2. The van der Waals surface area contributed by atoms with E-state index in [4.69, 9.17) is 9.47 Å². The highest BCUT2D eigenvalue weighted by molar-refractivity contribution is 7.90. The predicted octanol–water partition coefficient (Wildman–Crippen LogP) is 5.92. The molecule has 3 aromatic rings. The summed E-state index contributed by atoms with van der Waals surface area (Å²) >= 11 is 0. The van der Waals surface area contributed by atoms with Crippen LogP contribution in [0.2, 0.25) is 0 Å². The van der Waals surface area contributed by atoms with E-state index in [9.17, 15) is 41.6 Å². The zero-order valence-corrected chi connectivity index (χ0v) is 37.4. The lowest BCUT2D eigenvalue weighted by Gasteiger charge is -2.33. The number of halogens is 1. The number of carbonyl (C=O) groups excluding carboxylic acids is 6. The molecule has 0 aliphatic carbocycles. The minimum Gasteiger partial charge on any atom is -0.493 e. The van der Waals surface area contributed by atoms with E-state index in [0.717, 1.165) is 86.9 Å². The van der Waals surface area contributed by atoms with Gasteiger partial charge in [-0.3, -0.25) is 39.0 Å². The number of methoxy groups -OCH3 is 1. The van der Waals surface area contributed by atoms with Gasteiger partial charge in [0.1, 0.15) is 21.7 Å². The number of anilines is 1. The van der Waals surface area contributed by atoms with E-state index in [2.05, 4.69) is 15.5 Å². The molecule has 17 heteroatoms. The molecule has 15 nitrogen and oxygen atoms in total. The Balaban J connectivity index is 0.840. The number of piperidine rings is 2. The van der Waals surface area contributed by atoms with Crippen molar-refractivity contribution in [2.75, 3.05) is 50.7 Å². The van der Waals surface area contributed by atoms with Crippen molar-refractivity contribution in [3.63, 3.8) is 0 Å². The summed E-state index contributed by atoms with van der Waals surface area (Å²) in [5.74, 6) is -2.96. The van der Waals surface area contributed by atoms with Crippen LogP contribution in [0.1, 0.15) is 137 Å². The van der Waals surface area contributed by atoms with Crippen molar-refractivity contribution >= 4 is 51.0 Å². The fraction of sp³-hybridized carbons (Fsp3) is 0.489. The second-order valence-corrected chi connectivity index (χ2v) is 19.3. The minimum absolute atomic E-state index is 0.0226. The van der Waals surface area contributed by atoms with Crippen LogP contribution in [0.3, 0.4) is 0 Å². The zero-order chi connectivity index (χ0) is 45.7. The molecule has 0 spiro atoms. The third kappa shape index (κ3) is 10.3. The van der Waals surface area contributed by atoms with Gasteiger partial charge in [-0.1, -0.05) is 37.8 Å². The van der Waals surface area contributed by atoms with Gasteiger partial charge in [-0.2, -0.15) is 0 Å². The highest BCUT2D eigenvalue weighted by Crippen LogP contribution is 2.40. The number of imide groups is 2. The number of hydrogen-bond acceptors (Lipinski definition) is 11. The number of unbranched alkanes of at least 4 members (excludes halogenated alkanes) is 5. The highest BCUT2D eigenvalue weighted by Gasteiger charge is 2.44. The van der Waals surface area contributed by atoms with E-state index >= 15 is 0 Å². The number of rotatable bonds is 19. The van der Waals surface area contributed by atoms with E-state index < -0.39 is 51.2 Å². The molecule has 7 rings (SSSR count). The molecular weight excluding hydrogens is 846 g/mol. The van der Waals surface area contributed by atoms with Crippen molar-refractivity contribution in [1.29, 1.82) is 0 Å². The van der Waals surface area contributed by atoms with Gasteiger partial charge in [0.05, 0.1) is 42.3 Å². The Bertz CT molecular complexity index is 2440. The average molecular weight is 902 g/mol. The van der Waals surface area contributed by atoms with Crippen molar-refractivity contribution in [3.05, 3.63) is 87.7 Å². The van der Waals surface area contributed by atoms with Crippen molar-refractivity contribution in [2.45, 2.75) is 102 Å². The molecule has 0 aromatic heterocycles. The maximum Gasteiger partial charge on any atom is 0.264 e. The first-order chi connectivity index (χ1) is 30.7. The van der Waals surface area contributed by atoms with Crippen molar-refractivity contribution in [3.8, 4) is 11.5 Å². The van der Waals surface area contributed by atoms with E-state index in [1.54, 1.807) is 43.3 Å². The van der Waals surface area contributed by atoms with Crippen LogP contribution in [0.15, 0.2) is 48.5 Å². The molecule has 0 radical (unpaired) electrons. The summed E-state index contributed by atoms with van der Waals surface area (Å²) in [6.45, 7) is 4.99. The smallest absolute Gasteiger partial charge is 0.264 e. The molecule has 64 heavy (non-hydrogen) atoms. The molecule has 1 unspecified atom stereocenters. The van der Waals surface area contributed by atoms with Crippen LogP contribution < -0.4 is 20.1 Å². The molecule has 2 saturated heterocycles. The molecule has 4 aliphatic heterocycles. The Kier molecular flexibility index (Phi) is 14.5. The second-order valence-electron chi connectivity index (χ2n) is 17.1. The summed E-state index contributed by atoms with van der Waals surface area (Å²) in [6, 6.07) is 10.3. The third-order valence-corrected chi connectivity index (χ3v) is 13.6. The first kappa shape index (κ1) is 46.3. The van der Waals surface area contributed by atoms with E-state index in [1.807, 2.05) is 0 Å². The van der Waals surface area contributed by atoms with Crippen LogP contribution in [-0.4, -0.2) is 110 Å². The van der Waals surface area contributed by atoms with Gasteiger partial charge in [0.2, 0.25) is 17.7 Å². The SMILES string of the molecule is CCOc1cc([C@@H](CS(C)(=O)=O)N2C(=O)c3cccc(NC(=O)CCCCCCCCN4CCC(c5cc(F)cc6c5CN(C5CCC(=O)NC5=O)C6=O)CC4)c3C2=O)ccc1OC. The van der Waals surface area contributed by atoms with Gasteiger partial charge in [0.15, 0.2) is 11.5 Å². The molecule has 0 saturated carbocycles. The van der Waals surface area contributed by atoms with Crippen molar-refractivity contribution in [1.82, 2.24) is 20.0 Å². The number of nitrogens with zero attached hydrogens (tertiary/aromatic N) is 3. The van der Waals surface area contributed by atoms with Gasteiger partial charge in [0.25, 0.3) is 17.7 Å². The van der Waals surface area contributed by atoms with Crippen LogP contribution in [0.5, 0.6) is 11.5 Å². The van der Waals surface area contributed by atoms with Crippen molar-refractivity contribution < 1.29 is 51.0 Å². The number of ether oxygens (including phenoxy) is 2. The Hall–Kier alpha value is -5.68. The lowest BCUT2D eigenvalue weighted by molar-refractivity contribution is -0.137. The number of benzene rings is 3. The molecule has 4 aliphatic rings. The normalized spacial score (nSPS) is 18.6. The number of nitrogens with one attached hydrogen (secondary N) is 2.